The maximum atomic E-state index is 12.3. The molecule has 0 saturated carbocycles. The van der Waals surface area contributed by atoms with E-state index in [4.69, 9.17) is 4.98 Å². The van der Waals surface area contributed by atoms with Crippen molar-refractivity contribution in [1.29, 1.82) is 0 Å². The average Bonchev–Trinajstić information content (AvgIpc) is 3.06. The van der Waals surface area contributed by atoms with E-state index in [1.807, 2.05) is 42.5 Å². The zero-order valence-electron chi connectivity index (χ0n) is 13.1. The highest BCUT2D eigenvalue weighted by Gasteiger charge is 2.14. The van der Waals surface area contributed by atoms with Crippen LogP contribution in [-0.4, -0.2) is 29.0 Å². The van der Waals surface area contributed by atoms with E-state index in [1.54, 1.807) is 16.2 Å². The van der Waals surface area contributed by atoms with E-state index in [1.165, 1.54) is 0 Å². The minimum Gasteiger partial charge on any atom is -0.321 e. The molecule has 2 aromatic carbocycles. The Morgan fingerprint density at radius 1 is 1.12 bits per heavy atom. The Bertz CT molecular complexity index is 901. The van der Waals surface area contributed by atoms with Crippen molar-refractivity contribution in [2.45, 2.75) is 6.42 Å². The molecule has 0 unspecified atom stereocenters. The second-order valence-corrected chi connectivity index (χ2v) is 6.73. The number of carbonyl (C=O) groups is 1. The van der Waals surface area contributed by atoms with Crippen molar-refractivity contribution in [3.63, 3.8) is 0 Å². The number of nitrogens with one attached hydrogen (secondary N) is 1. The molecule has 1 aliphatic heterocycles. The van der Waals surface area contributed by atoms with E-state index in [9.17, 15) is 4.79 Å². The van der Waals surface area contributed by atoms with Crippen molar-refractivity contribution in [2.75, 3.05) is 18.4 Å². The lowest BCUT2D eigenvalue weighted by atomic mass is 10.2. The number of hydrogen-bond acceptors (Lipinski definition) is 3. The van der Waals surface area contributed by atoms with Gasteiger partial charge >= 0.3 is 6.03 Å². The molecule has 1 aliphatic rings. The first kappa shape index (κ1) is 14.9. The van der Waals surface area contributed by atoms with E-state index in [2.05, 4.69) is 23.5 Å². The molecule has 1 aromatic heterocycles. The third-order valence-electron chi connectivity index (χ3n) is 4.00. The molecule has 2 amide bonds. The first-order chi connectivity index (χ1) is 11.8. The summed E-state index contributed by atoms with van der Waals surface area (Å²) < 4.78 is 1.12. The summed E-state index contributed by atoms with van der Waals surface area (Å²) in [4.78, 5) is 18.8. The maximum Gasteiger partial charge on any atom is 0.322 e. The lowest BCUT2D eigenvalue weighted by molar-refractivity contribution is 0.216. The van der Waals surface area contributed by atoms with Gasteiger partial charge in [-0.2, -0.15) is 0 Å². The molecule has 0 spiro atoms. The third-order valence-corrected chi connectivity index (χ3v) is 5.09. The van der Waals surface area contributed by atoms with Crippen LogP contribution < -0.4 is 5.32 Å². The SMILES string of the molecule is O=C(Nc1ccc2sc(-c3ccccc3)nc2c1)N1CC=CCC1. The van der Waals surface area contributed by atoms with E-state index in [0.717, 1.165) is 39.4 Å². The minimum atomic E-state index is -0.0581. The number of urea groups is 1. The van der Waals surface area contributed by atoms with Gasteiger partial charge in [0.25, 0.3) is 0 Å². The zero-order chi connectivity index (χ0) is 16.4. The van der Waals surface area contributed by atoms with Crippen LogP contribution in [0.15, 0.2) is 60.7 Å². The van der Waals surface area contributed by atoms with Gasteiger partial charge in [-0.25, -0.2) is 9.78 Å². The number of thiazole rings is 1. The van der Waals surface area contributed by atoms with Crippen LogP contribution in [0, 0.1) is 0 Å². The fourth-order valence-electron chi connectivity index (χ4n) is 2.74. The largest absolute Gasteiger partial charge is 0.322 e. The normalized spacial score (nSPS) is 14.1. The van der Waals surface area contributed by atoms with Crippen molar-refractivity contribution in [2.24, 2.45) is 0 Å². The van der Waals surface area contributed by atoms with E-state index >= 15 is 0 Å². The molecule has 24 heavy (non-hydrogen) atoms. The molecule has 0 saturated heterocycles. The lowest BCUT2D eigenvalue weighted by Crippen LogP contribution is -2.37. The molecule has 0 fully saturated rings. The van der Waals surface area contributed by atoms with Crippen LogP contribution in [0.25, 0.3) is 20.8 Å². The number of hydrogen-bond donors (Lipinski definition) is 1. The topological polar surface area (TPSA) is 45.2 Å². The van der Waals surface area contributed by atoms with Gasteiger partial charge in [0, 0.05) is 24.3 Å². The predicted octanol–water partition coefficient (Wildman–Crippen LogP) is 4.76. The zero-order valence-corrected chi connectivity index (χ0v) is 13.9. The average molecular weight is 335 g/mol. The van der Waals surface area contributed by atoms with Crippen LogP contribution in [0.5, 0.6) is 0 Å². The lowest BCUT2D eigenvalue weighted by Gasteiger charge is -2.23. The number of aromatic nitrogens is 1. The minimum absolute atomic E-state index is 0.0581. The Morgan fingerprint density at radius 2 is 2.00 bits per heavy atom. The number of benzene rings is 2. The summed E-state index contributed by atoms with van der Waals surface area (Å²) in [5, 5.41) is 3.97. The van der Waals surface area contributed by atoms with Gasteiger partial charge in [-0.05, 0) is 24.6 Å². The van der Waals surface area contributed by atoms with Crippen molar-refractivity contribution < 1.29 is 4.79 Å². The summed E-state index contributed by atoms with van der Waals surface area (Å²) in [6.07, 6.45) is 5.05. The number of anilines is 1. The molecule has 120 valence electrons. The Labute approximate surface area is 144 Å². The number of amides is 2. The molecule has 5 heteroatoms. The Hall–Kier alpha value is -2.66. The first-order valence-electron chi connectivity index (χ1n) is 7.96. The van der Waals surface area contributed by atoms with Crippen LogP contribution in [0.3, 0.4) is 0 Å². The summed E-state index contributed by atoms with van der Waals surface area (Å²) in [5.74, 6) is 0. The molecule has 0 atom stereocenters. The van der Waals surface area contributed by atoms with Gasteiger partial charge in [-0.3, -0.25) is 0 Å². The summed E-state index contributed by atoms with van der Waals surface area (Å²) in [5.41, 5.74) is 2.81. The van der Waals surface area contributed by atoms with Gasteiger partial charge in [-0.1, -0.05) is 42.5 Å². The molecular formula is C19H17N3OS. The molecule has 4 rings (SSSR count). The highest BCUT2D eigenvalue weighted by molar-refractivity contribution is 7.21. The second-order valence-electron chi connectivity index (χ2n) is 5.70. The number of rotatable bonds is 2. The van der Waals surface area contributed by atoms with Gasteiger partial charge in [-0.15, -0.1) is 11.3 Å². The number of fused-ring (bicyclic) bond motifs is 1. The Morgan fingerprint density at radius 3 is 2.79 bits per heavy atom. The van der Waals surface area contributed by atoms with Gasteiger partial charge in [0.1, 0.15) is 5.01 Å². The molecule has 0 radical (unpaired) electrons. The molecule has 0 aliphatic carbocycles. The standard InChI is InChI=1S/C19H17N3OS/c23-19(22-11-5-2-6-12-22)20-15-9-10-17-16(13-15)21-18(24-17)14-7-3-1-4-8-14/h1-5,7-10,13H,6,11-12H2,(H,20,23). The monoisotopic (exact) mass is 335 g/mol. The van der Waals surface area contributed by atoms with Crippen LogP contribution in [-0.2, 0) is 0 Å². The highest BCUT2D eigenvalue weighted by Crippen LogP contribution is 2.31. The van der Waals surface area contributed by atoms with Crippen molar-refractivity contribution in [1.82, 2.24) is 9.88 Å². The van der Waals surface area contributed by atoms with E-state index < -0.39 is 0 Å². The molecular weight excluding hydrogens is 318 g/mol. The highest BCUT2D eigenvalue weighted by atomic mass is 32.1. The predicted molar refractivity (Wildman–Crippen MR) is 99.4 cm³/mol. The van der Waals surface area contributed by atoms with Crippen molar-refractivity contribution in [3.05, 3.63) is 60.7 Å². The van der Waals surface area contributed by atoms with E-state index in [-0.39, 0.29) is 6.03 Å². The van der Waals surface area contributed by atoms with E-state index in [0.29, 0.717) is 6.54 Å². The third kappa shape index (κ3) is 3.03. The van der Waals surface area contributed by atoms with Crippen LogP contribution in [0.1, 0.15) is 6.42 Å². The van der Waals surface area contributed by atoms with Gasteiger partial charge < -0.3 is 10.2 Å². The fourth-order valence-corrected chi connectivity index (χ4v) is 3.69. The maximum absolute atomic E-state index is 12.3. The quantitative estimate of drug-likeness (QED) is 0.686. The first-order valence-corrected chi connectivity index (χ1v) is 8.78. The smallest absolute Gasteiger partial charge is 0.321 e. The fraction of sp³-hybridized carbons (Fsp3) is 0.158. The summed E-state index contributed by atoms with van der Waals surface area (Å²) >= 11 is 1.66. The summed E-state index contributed by atoms with van der Waals surface area (Å²) in [6, 6.07) is 16.0. The number of nitrogens with zero attached hydrogens (tertiary/aromatic N) is 2. The van der Waals surface area contributed by atoms with Crippen molar-refractivity contribution >= 4 is 33.3 Å². The molecule has 1 N–H and O–H groups in total. The summed E-state index contributed by atoms with van der Waals surface area (Å²) in [7, 11) is 0. The van der Waals surface area contributed by atoms with Gasteiger partial charge in [0.2, 0.25) is 0 Å². The Balaban J connectivity index is 1.57. The van der Waals surface area contributed by atoms with Crippen LogP contribution in [0.2, 0.25) is 0 Å². The Kier molecular flexibility index (Phi) is 4.01. The summed E-state index contributed by atoms with van der Waals surface area (Å²) in [6.45, 7) is 1.43. The molecule has 3 aromatic rings. The molecule has 0 bridgehead atoms. The molecule has 2 heterocycles. The van der Waals surface area contributed by atoms with Crippen LogP contribution in [0.4, 0.5) is 10.5 Å². The van der Waals surface area contributed by atoms with Crippen molar-refractivity contribution in [3.8, 4) is 10.6 Å². The molecule has 4 nitrogen and oxygen atoms in total. The van der Waals surface area contributed by atoms with Crippen LogP contribution >= 0.6 is 11.3 Å². The van der Waals surface area contributed by atoms with Gasteiger partial charge in [0.15, 0.2) is 0 Å². The second kappa shape index (κ2) is 6.45. The van der Waals surface area contributed by atoms with Gasteiger partial charge in [0.05, 0.1) is 10.2 Å². The number of carbonyl (C=O) groups excluding carboxylic acids is 1.